The monoisotopic (exact) mass is 664 g/mol. The third-order valence-corrected chi connectivity index (χ3v) is 15.0. The molecule has 0 radical (unpaired) electrons. The summed E-state index contributed by atoms with van der Waals surface area (Å²) in [7, 11) is 0.318. The van der Waals surface area contributed by atoms with Crippen molar-refractivity contribution in [2.45, 2.75) is 49.1 Å². The first-order chi connectivity index (χ1) is 21.8. The number of hydrogen-bond donors (Lipinski definition) is 0. The zero-order chi connectivity index (χ0) is 31.9. The van der Waals surface area contributed by atoms with E-state index in [1.165, 1.54) is 29.5 Å². The molecular formula is C34H40N2O6S2Si. The van der Waals surface area contributed by atoms with Crippen LogP contribution in [0.1, 0.15) is 31.1 Å². The fraction of sp³-hybridized carbons (Fsp3) is 0.353. The number of esters is 1. The van der Waals surface area contributed by atoms with Crippen molar-refractivity contribution >= 4 is 48.5 Å². The molecule has 0 bridgehead atoms. The van der Waals surface area contributed by atoms with Crippen LogP contribution in [0.15, 0.2) is 97.6 Å². The normalized spacial score (nSPS) is 18.5. The van der Waals surface area contributed by atoms with E-state index in [9.17, 15) is 4.79 Å². The summed E-state index contributed by atoms with van der Waals surface area (Å²) < 4.78 is 32.6. The molecule has 238 valence electrons. The van der Waals surface area contributed by atoms with Gasteiger partial charge in [-0.15, -0.1) is 11.8 Å². The number of methoxy groups -OCH3 is 2. The van der Waals surface area contributed by atoms with Crippen LogP contribution < -0.4 is 19.8 Å². The first kappa shape index (κ1) is 33.1. The predicted molar refractivity (Wildman–Crippen MR) is 183 cm³/mol. The van der Waals surface area contributed by atoms with Crippen LogP contribution in [-0.2, 0) is 19.2 Å². The SMILES string of the molecule is COc1ccc(C(=O)O[C@H]2CS[C@H](CO[Si](c3ccccc3)(c3ccccc3)C(C)(C)C)[C@H]2OSCn2ccnc2)c(OC)c1. The fourth-order valence-electron chi connectivity index (χ4n) is 5.69. The Labute approximate surface area is 275 Å². The Morgan fingerprint density at radius 1 is 1.00 bits per heavy atom. The Balaban J connectivity index is 1.41. The molecule has 2 heterocycles. The predicted octanol–water partition coefficient (Wildman–Crippen LogP) is 5.81. The molecule has 5 rings (SSSR count). The first-order valence-electron chi connectivity index (χ1n) is 14.8. The van der Waals surface area contributed by atoms with Gasteiger partial charge in [-0.1, -0.05) is 81.4 Å². The summed E-state index contributed by atoms with van der Waals surface area (Å²) in [4.78, 5) is 17.6. The molecule has 1 aliphatic rings. The fourth-order valence-corrected chi connectivity index (χ4v) is 12.5. The molecule has 0 aliphatic carbocycles. The second-order valence-electron chi connectivity index (χ2n) is 11.7. The highest BCUT2D eigenvalue weighted by atomic mass is 32.2. The minimum absolute atomic E-state index is 0.0718. The number of thioether (sulfide) groups is 1. The Hall–Kier alpha value is -3.22. The Kier molecular flexibility index (Phi) is 11.0. The van der Waals surface area contributed by atoms with E-state index >= 15 is 0 Å². The van der Waals surface area contributed by atoms with Crippen molar-refractivity contribution in [3.63, 3.8) is 0 Å². The smallest absolute Gasteiger partial charge is 0.342 e. The van der Waals surface area contributed by atoms with Crippen LogP contribution in [0.3, 0.4) is 0 Å². The Morgan fingerprint density at radius 3 is 2.27 bits per heavy atom. The minimum Gasteiger partial charge on any atom is -0.497 e. The van der Waals surface area contributed by atoms with Crippen molar-refractivity contribution < 1.29 is 27.6 Å². The van der Waals surface area contributed by atoms with Gasteiger partial charge in [-0.3, -0.25) is 0 Å². The standard InChI is InChI=1S/C34H40N2O6S2Si/c1-34(2,3)45(26-12-8-6-9-13-26,27-14-10-7-11-15-27)40-21-31-32(42-44-24-36-19-18-35-23-36)30(22-43-31)41-33(37)28-17-16-25(38-4)20-29(28)39-5/h6-20,23,30-32H,21-22,24H2,1-5H3/t30-,31+,32-/m0/s1. The van der Waals surface area contributed by atoms with E-state index in [1.807, 2.05) is 22.9 Å². The largest absolute Gasteiger partial charge is 0.497 e. The van der Waals surface area contributed by atoms with E-state index in [-0.39, 0.29) is 10.3 Å². The lowest BCUT2D eigenvalue weighted by Gasteiger charge is -2.43. The van der Waals surface area contributed by atoms with E-state index in [0.717, 1.165) is 0 Å². The summed E-state index contributed by atoms with van der Waals surface area (Å²) in [5.74, 6) is 1.65. The number of imidazole rings is 1. The van der Waals surface area contributed by atoms with Crippen molar-refractivity contribution in [1.29, 1.82) is 0 Å². The quantitative estimate of drug-likeness (QED) is 0.1000. The minimum atomic E-state index is -2.77. The van der Waals surface area contributed by atoms with E-state index in [4.69, 9.17) is 22.8 Å². The van der Waals surface area contributed by atoms with Crippen molar-refractivity contribution in [2.24, 2.45) is 0 Å². The molecule has 1 saturated heterocycles. The molecule has 3 aromatic carbocycles. The van der Waals surface area contributed by atoms with Crippen LogP contribution >= 0.6 is 23.8 Å². The number of carbonyl (C=O) groups excluding carboxylic acids is 1. The van der Waals surface area contributed by atoms with Crippen LogP contribution in [0, 0.1) is 0 Å². The zero-order valence-electron chi connectivity index (χ0n) is 26.3. The number of benzene rings is 3. The molecule has 1 fully saturated rings. The first-order valence-corrected chi connectivity index (χ1v) is 18.7. The molecule has 0 N–H and O–H groups in total. The van der Waals surface area contributed by atoms with E-state index in [2.05, 4.69) is 74.3 Å². The van der Waals surface area contributed by atoms with Gasteiger partial charge in [-0.05, 0) is 27.5 Å². The van der Waals surface area contributed by atoms with Crippen molar-refractivity contribution in [3.05, 3.63) is 103 Å². The summed E-state index contributed by atoms with van der Waals surface area (Å²) in [6.45, 7) is 7.24. The molecule has 0 spiro atoms. The third-order valence-electron chi connectivity index (χ3n) is 7.92. The molecular weight excluding hydrogens is 625 g/mol. The van der Waals surface area contributed by atoms with Gasteiger partial charge in [0, 0.05) is 42.9 Å². The van der Waals surface area contributed by atoms with Crippen LogP contribution in [0.5, 0.6) is 11.5 Å². The molecule has 4 aromatic rings. The van der Waals surface area contributed by atoms with Crippen molar-refractivity contribution in [1.82, 2.24) is 9.55 Å². The molecule has 1 aromatic heterocycles. The Bertz CT molecular complexity index is 1480. The maximum atomic E-state index is 13.5. The van der Waals surface area contributed by atoms with E-state index < -0.39 is 26.5 Å². The lowest BCUT2D eigenvalue weighted by atomic mass is 10.1. The number of hydrogen-bond acceptors (Lipinski definition) is 9. The van der Waals surface area contributed by atoms with Gasteiger partial charge in [-0.25, -0.2) is 9.78 Å². The van der Waals surface area contributed by atoms with Gasteiger partial charge in [0.1, 0.15) is 29.3 Å². The van der Waals surface area contributed by atoms with Crippen molar-refractivity contribution in [3.8, 4) is 11.5 Å². The molecule has 8 nitrogen and oxygen atoms in total. The van der Waals surface area contributed by atoms with Gasteiger partial charge in [0.2, 0.25) is 0 Å². The summed E-state index contributed by atoms with van der Waals surface area (Å²) in [6.07, 6.45) is 4.47. The van der Waals surface area contributed by atoms with Gasteiger partial charge in [0.15, 0.2) is 0 Å². The number of aromatic nitrogens is 2. The number of carbonyl (C=O) groups is 1. The van der Waals surface area contributed by atoms with Gasteiger partial charge < -0.3 is 27.4 Å². The Morgan fingerprint density at radius 2 is 1.69 bits per heavy atom. The number of nitrogens with zero attached hydrogens (tertiary/aromatic N) is 2. The van der Waals surface area contributed by atoms with Crippen LogP contribution in [0.25, 0.3) is 0 Å². The lowest BCUT2D eigenvalue weighted by Crippen LogP contribution is -2.67. The average Bonchev–Trinajstić information content (AvgIpc) is 3.71. The highest BCUT2D eigenvalue weighted by Crippen LogP contribution is 2.40. The van der Waals surface area contributed by atoms with E-state index in [0.29, 0.717) is 35.3 Å². The number of rotatable bonds is 13. The molecule has 0 unspecified atom stereocenters. The molecule has 1 aliphatic heterocycles. The van der Waals surface area contributed by atoms with Gasteiger partial charge in [-0.2, -0.15) is 0 Å². The van der Waals surface area contributed by atoms with Crippen molar-refractivity contribution in [2.75, 3.05) is 26.6 Å². The summed E-state index contributed by atoms with van der Waals surface area (Å²) in [5, 5.41) is 2.20. The summed E-state index contributed by atoms with van der Waals surface area (Å²) in [5.41, 5.74) is 0.333. The molecule has 11 heteroatoms. The topological polar surface area (TPSA) is 81.0 Å². The van der Waals surface area contributed by atoms with Gasteiger partial charge in [0.25, 0.3) is 8.32 Å². The molecule has 3 atom stereocenters. The maximum Gasteiger partial charge on any atom is 0.342 e. The number of ether oxygens (including phenoxy) is 3. The molecule has 45 heavy (non-hydrogen) atoms. The van der Waals surface area contributed by atoms with Crippen LogP contribution in [0.4, 0.5) is 0 Å². The van der Waals surface area contributed by atoms with Crippen LogP contribution in [0.2, 0.25) is 5.04 Å². The second kappa shape index (κ2) is 14.9. The van der Waals surface area contributed by atoms with Gasteiger partial charge in [0.05, 0.1) is 31.7 Å². The lowest BCUT2D eigenvalue weighted by molar-refractivity contribution is 0.00506. The average molecular weight is 665 g/mol. The zero-order valence-corrected chi connectivity index (χ0v) is 28.9. The summed E-state index contributed by atoms with van der Waals surface area (Å²) >= 11 is 3.03. The molecule has 0 amide bonds. The molecule has 0 saturated carbocycles. The van der Waals surface area contributed by atoms with Crippen LogP contribution in [-0.4, -0.2) is 67.9 Å². The van der Waals surface area contributed by atoms with E-state index in [1.54, 1.807) is 49.6 Å². The third kappa shape index (κ3) is 7.44. The highest BCUT2D eigenvalue weighted by molar-refractivity contribution is 8.00. The highest BCUT2D eigenvalue weighted by Gasteiger charge is 2.51. The maximum absolute atomic E-state index is 13.5. The van der Waals surface area contributed by atoms with Gasteiger partial charge >= 0.3 is 5.97 Å². The summed E-state index contributed by atoms with van der Waals surface area (Å²) in [6, 6.07) is 26.2. The second-order valence-corrected chi connectivity index (χ2v) is 18.0.